The fourth-order valence-electron chi connectivity index (χ4n) is 1.49. The molecule has 0 aliphatic heterocycles. The molecule has 0 fully saturated rings. The molecule has 2 aromatic heterocycles. The number of rotatable bonds is 1. The van der Waals surface area contributed by atoms with E-state index in [0.29, 0.717) is 17.8 Å². The molecule has 6 heteroatoms. The van der Waals surface area contributed by atoms with Crippen LogP contribution in [0.1, 0.15) is 24.0 Å². The van der Waals surface area contributed by atoms with Crippen LogP contribution in [0.3, 0.4) is 0 Å². The second-order valence-electron chi connectivity index (χ2n) is 3.52. The van der Waals surface area contributed by atoms with E-state index in [-0.39, 0.29) is 5.65 Å². The van der Waals surface area contributed by atoms with Gasteiger partial charge in [-0.05, 0) is 18.6 Å². The van der Waals surface area contributed by atoms with Gasteiger partial charge in [0.1, 0.15) is 5.69 Å². The van der Waals surface area contributed by atoms with Crippen LogP contribution in [0.15, 0.2) is 12.1 Å². The summed E-state index contributed by atoms with van der Waals surface area (Å²) in [5, 5.41) is 3.84. The molecule has 86 valence electrons. The lowest BCUT2D eigenvalue weighted by molar-refractivity contribution is -0.142. The topological polar surface area (TPSA) is 30.2 Å². The summed E-state index contributed by atoms with van der Waals surface area (Å²) in [6.45, 7) is 3.51. The van der Waals surface area contributed by atoms with E-state index >= 15 is 0 Å². The molecule has 0 spiro atoms. The molecule has 0 atom stereocenters. The molecule has 0 amide bonds. The van der Waals surface area contributed by atoms with Crippen molar-refractivity contribution in [1.29, 1.82) is 0 Å². The average Bonchev–Trinajstić information content (AvgIpc) is 2.60. The van der Waals surface area contributed by atoms with E-state index in [1.54, 1.807) is 13.8 Å². The van der Waals surface area contributed by atoms with Gasteiger partial charge in [-0.25, -0.2) is 9.50 Å². The Hall–Kier alpha value is -1.59. The molecule has 0 aromatic carbocycles. The minimum Gasteiger partial charge on any atom is -0.212 e. The number of pyridine rings is 1. The van der Waals surface area contributed by atoms with Crippen LogP contribution in [0.4, 0.5) is 13.2 Å². The van der Waals surface area contributed by atoms with Gasteiger partial charge < -0.3 is 0 Å². The number of alkyl halides is 3. The lowest BCUT2D eigenvalue weighted by atomic mass is 10.2. The monoisotopic (exact) mass is 229 g/mol. The summed E-state index contributed by atoms with van der Waals surface area (Å²) in [5.41, 5.74) is 0.159. The summed E-state index contributed by atoms with van der Waals surface area (Å²) < 4.78 is 38.9. The molecule has 16 heavy (non-hydrogen) atoms. The summed E-state index contributed by atoms with van der Waals surface area (Å²) in [6.07, 6.45) is -3.90. The maximum atomic E-state index is 12.7. The van der Waals surface area contributed by atoms with Crippen LogP contribution in [0.5, 0.6) is 0 Å². The fraction of sp³-hybridized carbons (Fsp3) is 0.400. The molecule has 0 aliphatic carbocycles. The van der Waals surface area contributed by atoms with Crippen molar-refractivity contribution in [2.24, 2.45) is 0 Å². The first-order chi connectivity index (χ1) is 7.43. The first kappa shape index (κ1) is 10.9. The number of hydrogen-bond acceptors (Lipinski definition) is 2. The maximum Gasteiger partial charge on any atom is 0.433 e. The van der Waals surface area contributed by atoms with Crippen LogP contribution in [-0.4, -0.2) is 14.6 Å². The van der Waals surface area contributed by atoms with Gasteiger partial charge in [-0.3, -0.25) is 0 Å². The molecule has 0 N–H and O–H groups in total. The van der Waals surface area contributed by atoms with E-state index in [0.717, 1.165) is 10.6 Å². The van der Waals surface area contributed by atoms with E-state index in [1.165, 1.54) is 6.07 Å². The Balaban J connectivity index is 2.77. The van der Waals surface area contributed by atoms with Crippen molar-refractivity contribution in [3.63, 3.8) is 0 Å². The molecular weight excluding hydrogens is 219 g/mol. The zero-order valence-electron chi connectivity index (χ0n) is 8.84. The van der Waals surface area contributed by atoms with Crippen LogP contribution in [-0.2, 0) is 12.6 Å². The highest BCUT2D eigenvalue weighted by Crippen LogP contribution is 2.29. The summed E-state index contributed by atoms with van der Waals surface area (Å²) >= 11 is 0. The van der Waals surface area contributed by atoms with Crippen molar-refractivity contribution in [2.75, 3.05) is 0 Å². The van der Waals surface area contributed by atoms with Crippen LogP contribution in [0, 0.1) is 6.92 Å². The number of nitrogens with zero attached hydrogens (tertiary/aromatic N) is 3. The minimum atomic E-state index is -4.41. The van der Waals surface area contributed by atoms with Gasteiger partial charge in [0.05, 0.1) is 0 Å². The molecule has 2 aromatic rings. The molecule has 0 bridgehead atoms. The molecule has 2 rings (SSSR count). The Morgan fingerprint density at radius 1 is 1.31 bits per heavy atom. The van der Waals surface area contributed by atoms with Gasteiger partial charge in [0, 0.05) is 6.42 Å². The van der Waals surface area contributed by atoms with Gasteiger partial charge in [-0.2, -0.15) is 18.3 Å². The predicted molar refractivity (Wildman–Crippen MR) is 52.1 cm³/mol. The molecule has 0 unspecified atom stereocenters. The van der Waals surface area contributed by atoms with Crippen LogP contribution >= 0.6 is 0 Å². The predicted octanol–water partition coefficient (Wildman–Crippen LogP) is 2.62. The summed E-state index contributed by atoms with van der Waals surface area (Å²) in [6, 6.07) is 2.43. The number of aryl methyl sites for hydroxylation is 2. The van der Waals surface area contributed by atoms with Crippen molar-refractivity contribution in [3.8, 4) is 0 Å². The molecule has 0 radical (unpaired) electrons. The Bertz CT molecular complexity index is 528. The lowest BCUT2D eigenvalue weighted by Gasteiger charge is -2.08. The van der Waals surface area contributed by atoms with Gasteiger partial charge in [0.25, 0.3) is 0 Å². The fourth-order valence-corrected chi connectivity index (χ4v) is 1.49. The number of aromatic nitrogens is 3. The average molecular weight is 229 g/mol. The quantitative estimate of drug-likeness (QED) is 0.752. The Morgan fingerprint density at radius 2 is 2.00 bits per heavy atom. The normalized spacial score (nSPS) is 12.3. The van der Waals surface area contributed by atoms with Gasteiger partial charge >= 0.3 is 6.18 Å². The third-order valence-electron chi connectivity index (χ3n) is 2.33. The summed E-state index contributed by atoms with van der Waals surface area (Å²) in [7, 11) is 0. The van der Waals surface area contributed by atoms with Crippen molar-refractivity contribution in [3.05, 3.63) is 29.2 Å². The van der Waals surface area contributed by atoms with Crippen LogP contribution < -0.4 is 0 Å². The Labute approximate surface area is 89.9 Å². The van der Waals surface area contributed by atoms with Crippen LogP contribution in [0.25, 0.3) is 5.65 Å². The van der Waals surface area contributed by atoms with Crippen LogP contribution in [0.2, 0.25) is 0 Å². The summed E-state index contributed by atoms with van der Waals surface area (Å²) in [4.78, 5) is 4.06. The second kappa shape index (κ2) is 3.47. The molecule has 0 saturated heterocycles. The van der Waals surface area contributed by atoms with E-state index in [9.17, 15) is 13.2 Å². The van der Waals surface area contributed by atoms with E-state index in [2.05, 4.69) is 10.1 Å². The zero-order chi connectivity index (χ0) is 11.9. The zero-order valence-corrected chi connectivity index (χ0v) is 8.84. The highest BCUT2D eigenvalue weighted by Gasteiger charge is 2.34. The highest BCUT2D eigenvalue weighted by atomic mass is 19.4. The van der Waals surface area contributed by atoms with Crippen molar-refractivity contribution in [1.82, 2.24) is 14.6 Å². The van der Waals surface area contributed by atoms with Gasteiger partial charge in [-0.15, -0.1) is 0 Å². The standard InChI is InChI=1S/C10H10F3N3/c1-3-8-14-9-6(2)4-5-7(10(11,12)13)16(9)15-8/h4-5H,3H2,1-2H3. The van der Waals surface area contributed by atoms with Gasteiger partial charge in [-0.1, -0.05) is 13.0 Å². The van der Waals surface area contributed by atoms with E-state index in [1.807, 2.05) is 0 Å². The Kier molecular flexibility index (Phi) is 2.36. The van der Waals surface area contributed by atoms with Crippen molar-refractivity contribution in [2.45, 2.75) is 26.4 Å². The largest absolute Gasteiger partial charge is 0.433 e. The van der Waals surface area contributed by atoms with Crippen molar-refractivity contribution >= 4 is 5.65 Å². The molecule has 0 saturated carbocycles. The number of halogens is 3. The second-order valence-corrected chi connectivity index (χ2v) is 3.52. The summed E-state index contributed by atoms with van der Waals surface area (Å²) in [5.74, 6) is 0.416. The lowest BCUT2D eigenvalue weighted by Crippen LogP contribution is -2.12. The minimum absolute atomic E-state index is 0.270. The Morgan fingerprint density at radius 3 is 2.56 bits per heavy atom. The molecule has 2 heterocycles. The SMILES string of the molecule is CCc1nc2c(C)ccc(C(F)(F)F)n2n1. The smallest absolute Gasteiger partial charge is 0.212 e. The van der Waals surface area contributed by atoms with Gasteiger partial charge in [0.2, 0.25) is 0 Å². The first-order valence-corrected chi connectivity index (χ1v) is 4.86. The van der Waals surface area contributed by atoms with E-state index in [4.69, 9.17) is 0 Å². The van der Waals surface area contributed by atoms with Crippen molar-refractivity contribution < 1.29 is 13.2 Å². The number of fused-ring (bicyclic) bond motifs is 1. The van der Waals surface area contributed by atoms with Gasteiger partial charge in [0.15, 0.2) is 11.5 Å². The molecular formula is C10H10F3N3. The number of hydrogen-bond donors (Lipinski definition) is 0. The molecule has 3 nitrogen and oxygen atoms in total. The third-order valence-corrected chi connectivity index (χ3v) is 2.33. The maximum absolute atomic E-state index is 12.7. The third kappa shape index (κ3) is 1.64. The highest BCUT2D eigenvalue weighted by molar-refractivity contribution is 5.48. The molecule has 0 aliphatic rings. The van der Waals surface area contributed by atoms with E-state index < -0.39 is 11.9 Å². The first-order valence-electron chi connectivity index (χ1n) is 4.86.